The number of aryl methyl sites for hydroxylation is 1. The van der Waals surface area contributed by atoms with Crippen LogP contribution in [-0.2, 0) is 20.7 Å². The minimum absolute atomic E-state index is 0.128. The Morgan fingerprint density at radius 3 is 1.86 bits per heavy atom. The number of aliphatic carboxylic acids is 2. The zero-order valence-electron chi connectivity index (χ0n) is 27.9. The van der Waals surface area contributed by atoms with E-state index in [1.54, 1.807) is 21.1 Å². The van der Waals surface area contributed by atoms with Crippen LogP contribution in [0.1, 0.15) is 141 Å². The molecular formula is C36H59NO6. The van der Waals surface area contributed by atoms with Crippen LogP contribution in [0.25, 0.3) is 0 Å². The molecule has 0 fully saturated rings. The van der Waals surface area contributed by atoms with E-state index in [-0.39, 0.29) is 6.42 Å². The standard InChI is InChI=1S/C36H59NO6/c1-7-9-10-11-12-13-14-15-16-17-18-19-20-22-28-23-21-24-30(43-6)31(28)32-29(25-26-42-5)27(3)37-35(4,33(38)39)36(32,8-2)34(40)41/h21,23-24,32,37H,7-20,22,25-26H2,1-6H3,(H,38,39)(H,40,41). The molecule has 0 spiro atoms. The van der Waals surface area contributed by atoms with E-state index >= 15 is 0 Å². The quantitative estimate of drug-likeness (QED) is 0.114. The van der Waals surface area contributed by atoms with E-state index < -0.39 is 28.8 Å². The van der Waals surface area contributed by atoms with Crippen molar-refractivity contribution in [2.45, 2.75) is 142 Å². The number of carboxylic acids is 2. The van der Waals surface area contributed by atoms with Crippen LogP contribution in [0.15, 0.2) is 29.5 Å². The molecule has 1 aliphatic heterocycles. The molecular weight excluding hydrogens is 542 g/mol. The van der Waals surface area contributed by atoms with Gasteiger partial charge in [0.15, 0.2) is 0 Å². The van der Waals surface area contributed by atoms with Gasteiger partial charge < -0.3 is 25.0 Å². The van der Waals surface area contributed by atoms with Crippen LogP contribution < -0.4 is 10.1 Å². The first kappa shape index (κ1) is 36.7. The summed E-state index contributed by atoms with van der Waals surface area (Å²) in [5.41, 5.74) is 0.000332. The highest BCUT2D eigenvalue weighted by molar-refractivity contribution is 5.92. The van der Waals surface area contributed by atoms with Crippen LogP contribution in [0.3, 0.4) is 0 Å². The molecule has 0 saturated heterocycles. The highest BCUT2D eigenvalue weighted by atomic mass is 16.5. The molecule has 0 amide bonds. The van der Waals surface area contributed by atoms with Crippen molar-refractivity contribution in [3.05, 3.63) is 40.6 Å². The van der Waals surface area contributed by atoms with Crippen molar-refractivity contribution in [1.29, 1.82) is 0 Å². The fourth-order valence-corrected chi connectivity index (χ4v) is 7.27. The van der Waals surface area contributed by atoms with Crippen LogP contribution in [-0.4, -0.2) is 48.5 Å². The Morgan fingerprint density at radius 2 is 1.40 bits per heavy atom. The number of hydrogen-bond donors (Lipinski definition) is 3. The van der Waals surface area contributed by atoms with Crippen molar-refractivity contribution in [1.82, 2.24) is 5.32 Å². The average Bonchev–Trinajstić information content (AvgIpc) is 2.98. The number of unbranched alkanes of at least 4 members (excludes halogenated alkanes) is 12. The van der Waals surface area contributed by atoms with E-state index in [1.165, 1.54) is 77.6 Å². The van der Waals surface area contributed by atoms with Gasteiger partial charge in [-0.1, -0.05) is 103 Å². The number of nitrogens with one attached hydrogen (secondary N) is 1. The third-order valence-electron chi connectivity index (χ3n) is 9.81. The minimum Gasteiger partial charge on any atom is -0.496 e. The maximum atomic E-state index is 13.3. The van der Waals surface area contributed by atoms with Crippen LogP contribution in [0.4, 0.5) is 0 Å². The third kappa shape index (κ3) is 8.77. The molecule has 1 aromatic carbocycles. The summed E-state index contributed by atoms with van der Waals surface area (Å²) in [6, 6.07) is 5.88. The van der Waals surface area contributed by atoms with Crippen molar-refractivity contribution in [2.75, 3.05) is 20.8 Å². The number of allylic oxidation sites excluding steroid dienone is 1. The van der Waals surface area contributed by atoms with E-state index in [0.29, 0.717) is 24.5 Å². The molecule has 1 heterocycles. The molecule has 1 aliphatic rings. The molecule has 1 aromatic rings. The monoisotopic (exact) mass is 601 g/mol. The summed E-state index contributed by atoms with van der Waals surface area (Å²) in [4.78, 5) is 26.2. The fourth-order valence-electron chi connectivity index (χ4n) is 7.27. The van der Waals surface area contributed by atoms with Gasteiger partial charge in [-0.05, 0) is 56.7 Å². The summed E-state index contributed by atoms with van der Waals surface area (Å²) < 4.78 is 11.3. The van der Waals surface area contributed by atoms with Gasteiger partial charge in [0, 0.05) is 30.9 Å². The molecule has 0 saturated carbocycles. The molecule has 244 valence electrons. The molecule has 3 atom stereocenters. The SMILES string of the molecule is CCCCCCCCCCCCCCCc1cccc(OC)c1C1C(CCOC)=C(C)NC(C)(C(=O)O)C1(CC)C(=O)O. The van der Waals surface area contributed by atoms with Gasteiger partial charge in [0.05, 0.1) is 7.11 Å². The second kappa shape index (κ2) is 18.3. The number of benzene rings is 1. The lowest BCUT2D eigenvalue weighted by molar-refractivity contribution is -0.169. The van der Waals surface area contributed by atoms with Crippen LogP contribution >= 0.6 is 0 Å². The predicted molar refractivity (Wildman–Crippen MR) is 174 cm³/mol. The number of carboxylic acid groups (broad SMARTS) is 2. The summed E-state index contributed by atoms with van der Waals surface area (Å²) in [6.45, 7) is 7.80. The molecule has 3 unspecified atom stereocenters. The Labute approximate surface area is 260 Å². The molecule has 0 bridgehead atoms. The number of rotatable bonds is 22. The zero-order valence-corrected chi connectivity index (χ0v) is 27.9. The number of carbonyl (C=O) groups is 2. The first-order chi connectivity index (χ1) is 20.7. The Kier molecular flexibility index (Phi) is 15.6. The van der Waals surface area contributed by atoms with E-state index in [9.17, 15) is 19.8 Å². The van der Waals surface area contributed by atoms with E-state index in [1.807, 2.05) is 19.1 Å². The molecule has 43 heavy (non-hydrogen) atoms. The molecule has 0 radical (unpaired) electrons. The molecule has 7 nitrogen and oxygen atoms in total. The molecule has 0 aromatic heterocycles. The summed E-state index contributed by atoms with van der Waals surface area (Å²) in [5, 5.41) is 24.5. The smallest absolute Gasteiger partial charge is 0.330 e. The first-order valence-corrected chi connectivity index (χ1v) is 16.7. The summed E-state index contributed by atoms with van der Waals surface area (Å²) in [5.74, 6) is -2.40. The van der Waals surface area contributed by atoms with Gasteiger partial charge in [0.1, 0.15) is 16.7 Å². The number of methoxy groups -OCH3 is 2. The molecule has 3 N–H and O–H groups in total. The summed E-state index contributed by atoms with van der Waals surface area (Å²) in [6.07, 6.45) is 18.0. The van der Waals surface area contributed by atoms with E-state index in [2.05, 4.69) is 18.3 Å². The second-order valence-corrected chi connectivity index (χ2v) is 12.5. The Bertz CT molecular complexity index is 1050. The van der Waals surface area contributed by atoms with E-state index in [4.69, 9.17) is 9.47 Å². The normalized spacial score (nSPS) is 22.0. The fraction of sp³-hybridized carbons (Fsp3) is 0.722. The Morgan fingerprint density at radius 1 is 0.837 bits per heavy atom. The summed E-state index contributed by atoms with van der Waals surface area (Å²) in [7, 11) is 3.22. The average molecular weight is 602 g/mol. The zero-order chi connectivity index (χ0) is 31.9. The predicted octanol–water partition coefficient (Wildman–Crippen LogP) is 8.65. The first-order valence-electron chi connectivity index (χ1n) is 16.7. The van der Waals surface area contributed by atoms with Gasteiger partial charge in [0.2, 0.25) is 0 Å². The van der Waals surface area contributed by atoms with Crippen LogP contribution in [0.5, 0.6) is 5.75 Å². The van der Waals surface area contributed by atoms with Gasteiger partial charge >= 0.3 is 11.9 Å². The number of ether oxygens (including phenoxy) is 2. The van der Waals surface area contributed by atoms with Gasteiger partial charge in [-0.25, -0.2) is 4.79 Å². The molecule has 7 heteroatoms. The number of hydrogen-bond acceptors (Lipinski definition) is 5. The topological polar surface area (TPSA) is 105 Å². The highest BCUT2D eigenvalue weighted by Crippen LogP contribution is 2.57. The van der Waals surface area contributed by atoms with Crippen LogP contribution in [0, 0.1) is 5.41 Å². The van der Waals surface area contributed by atoms with Crippen LogP contribution in [0.2, 0.25) is 0 Å². The minimum atomic E-state index is -1.73. The lowest BCUT2D eigenvalue weighted by Gasteiger charge is -2.53. The van der Waals surface area contributed by atoms with Gasteiger partial charge in [-0.3, -0.25) is 4.79 Å². The Balaban J connectivity index is 2.27. The van der Waals surface area contributed by atoms with Crippen molar-refractivity contribution in [3.63, 3.8) is 0 Å². The van der Waals surface area contributed by atoms with E-state index in [0.717, 1.165) is 36.0 Å². The van der Waals surface area contributed by atoms with Crippen molar-refractivity contribution in [2.24, 2.45) is 5.41 Å². The Hall–Kier alpha value is -2.54. The largest absolute Gasteiger partial charge is 0.496 e. The maximum Gasteiger partial charge on any atom is 0.330 e. The van der Waals surface area contributed by atoms with Crippen molar-refractivity contribution < 1.29 is 29.3 Å². The lowest BCUT2D eigenvalue weighted by Crippen LogP contribution is -2.68. The molecule has 0 aliphatic carbocycles. The van der Waals surface area contributed by atoms with Gasteiger partial charge in [0.25, 0.3) is 0 Å². The highest BCUT2D eigenvalue weighted by Gasteiger charge is 2.65. The summed E-state index contributed by atoms with van der Waals surface area (Å²) >= 11 is 0. The second-order valence-electron chi connectivity index (χ2n) is 12.5. The van der Waals surface area contributed by atoms with Crippen molar-refractivity contribution in [3.8, 4) is 5.75 Å². The van der Waals surface area contributed by atoms with Crippen molar-refractivity contribution >= 4 is 11.9 Å². The maximum absolute atomic E-state index is 13.3. The van der Waals surface area contributed by atoms with Gasteiger partial charge in [-0.15, -0.1) is 0 Å². The van der Waals surface area contributed by atoms with Gasteiger partial charge in [-0.2, -0.15) is 0 Å². The molecule has 2 rings (SSSR count). The lowest BCUT2D eigenvalue weighted by atomic mass is 9.54. The third-order valence-corrected chi connectivity index (χ3v) is 9.81.